The zero-order valence-electron chi connectivity index (χ0n) is 17.3. The molecule has 9 nitrogen and oxygen atoms in total. The van der Waals surface area contributed by atoms with E-state index in [-0.39, 0.29) is 17.3 Å². The lowest BCUT2D eigenvalue weighted by molar-refractivity contribution is -0.0226. The van der Waals surface area contributed by atoms with Gasteiger partial charge in [-0.2, -0.15) is 0 Å². The molecule has 31 heavy (non-hydrogen) atoms. The fraction of sp³-hybridized carbons (Fsp3) is 0.700. The molecule has 0 saturated heterocycles. The van der Waals surface area contributed by atoms with Gasteiger partial charge >= 0.3 is 20.3 Å². The molecule has 3 aliphatic carbocycles. The van der Waals surface area contributed by atoms with Crippen LogP contribution in [0.4, 0.5) is 0 Å². The van der Waals surface area contributed by atoms with Gasteiger partial charge in [0.25, 0.3) is 0 Å². The Morgan fingerprint density at radius 3 is 2.42 bits per heavy atom. The van der Waals surface area contributed by atoms with Crippen molar-refractivity contribution in [1.82, 2.24) is 0 Å². The Kier molecular flexibility index (Phi) is 5.77. The van der Waals surface area contributed by atoms with Crippen LogP contribution in [0.5, 0.6) is 5.75 Å². The lowest BCUT2D eigenvalue weighted by atomic mass is 9.55. The monoisotopic (exact) mass is 476 g/mol. The third-order valence-electron chi connectivity index (χ3n) is 8.01. The van der Waals surface area contributed by atoms with Crippen molar-refractivity contribution in [2.75, 3.05) is 6.61 Å². The maximum atomic E-state index is 11.5. The smallest absolute Gasteiger partial charge is 0.373 e. The molecule has 0 heterocycles. The van der Waals surface area contributed by atoms with Gasteiger partial charge in [0, 0.05) is 0 Å². The van der Waals surface area contributed by atoms with Gasteiger partial charge < -0.3 is 34.5 Å². The van der Waals surface area contributed by atoms with Crippen LogP contribution in [0, 0.1) is 17.3 Å². The third-order valence-corrected chi connectivity index (χ3v) is 11.7. The molecule has 6 N–H and O–H groups in total. The van der Waals surface area contributed by atoms with E-state index in [0.29, 0.717) is 17.8 Å². The molecule has 5 atom stereocenters. The average molecular weight is 476 g/mol. The van der Waals surface area contributed by atoms with Gasteiger partial charge in [0.15, 0.2) is 0 Å². The van der Waals surface area contributed by atoms with Crippen LogP contribution < -0.4 is 4.74 Å². The van der Waals surface area contributed by atoms with Crippen LogP contribution in [-0.4, -0.2) is 47.6 Å². The first-order chi connectivity index (χ1) is 14.3. The summed E-state index contributed by atoms with van der Waals surface area (Å²) in [6.07, 6.45) is 5.37. The van der Waals surface area contributed by atoms with Crippen molar-refractivity contribution < 1.29 is 43.7 Å². The summed E-state index contributed by atoms with van der Waals surface area (Å²) in [6.45, 7) is 0.978. The van der Waals surface area contributed by atoms with Gasteiger partial charge in [-0.15, -0.1) is 0 Å². The highest BCUT2D eigenvalue weighted by atomic mass is 31.2. The Morgan fingerprint density at radius 1 is 1.10 bits per heavy atom. The summed E-state index contributed by atoms with van der Waals surface area (Å²) in [4.78, 5) is 37.0. The van der Waals surface area contributed by atoms with Gasteiger partial charge in [0.05, 0.1) is 6.10 Å². The highest BCUT2D eigenvalue weighted by Crippen LogP contribution is 2.67. The topological polar surface area (TPSA) is 165 Å². The zero-order chi connectivity index (χ0) is 22.8. The lowest BCUT2D eigenvalue weighted by Crippen LogP contribution is -2.43. The minimum atomic E-state index is -5.56. The van der Waals surface area contributed by atoms with E-state index in [1.54, 1.807) is 12.1 Å². The van der Waals surface area contributed by atoms with Crippen molar-refractivity contribution >= 4 is 15.2 Å². The van der Waals surface area contributed by atoms with Gasteiger partial charge in [0.2, 0.25) is 0 Å². The molecule has 0 aliphatic heterocycles. The average Bonchev–Trinajstić information content (AvgIpc) is 2.98. The van der Waals surface area contributed by atoms with Crippen LogP contribution in [0.15, 0.2) is 18.2 Å². The number of benzene rings is 1. The quantitative estimate of drug-likeness (QED) is 0.350. The number of fused-ring (bicyclic) bond motifs is 5. The van der Waals surface area contributed by atoms with Crippen molar-refractivity contribution in [2.45, 2.75) is 62.6 Å². The molecular formula is C20H30O9P2. The summed E-state index contributed by atoms with van der Waals surface area (Å²) >= 11 is 0. The molecule has 0 spiro atoms. The molecule has 1 aromatic rings. The summed E-state index contributed by atoms with van der Waals surface area (Å²) in [5.41, 5.74) is 2.22. The summed E-state index contributed by atoms with van der Waals surface area (Å²) in [7, 11) is -11.1. The van der Waals surface area contributed by atoms with Crippen molar-refractivity contribution in [3.05, 3.63) is 29.3 Å². The molecule has 174 valence electrons. The summed E-state index contributed by atoms with van der Waals surface area (Å²) in [6, 6.07) is 5.24. The Hall–Kier alpha value is -0.760. The second-order valence-corrected chi connectivity index (χ2v) is 13.6. The van der Waals surface area contributed by atoms with Gasteiger partial charge in [-0.05, 0) is 85.0 Å². The Balaban J connectivity index is 1.54. The van der Waals surface area contributed by atoms with E-state index in [1.165, 1.54) is 5.56 Å². The molecule has 2 fully saturated rings. The first kappa shape index (κ1) is 23.4. The highest BCUT2D eigenvalue weighted by Gasteiger charge is 2.60. The van der Waals surface area contributed by atoms with Gasteiger partial charge in [-0.25, -0.2) is 0 Å². The van der Waals surface area contributed by atoms with Crippen LogP contribution in [0.2, 0.25) is 0 Å². The molecule has 11 heteroatoms. The first-order valence-corrected chi connectivity index (χ1v) is 13.8. The fourth-order valence-electron chi connectivity index (χ4n) is 6.14. The molecule has 0 unspecified atom stereocenters. The number of ether oxygens (including phenoxy) is 1. The van der Waals surface area contributed by atoms with Crippen molar-refractivity contribution in [3.8, 4) is 5.75 Å². The van der Waals surface area contributed by atoms with Crippen LogP contribution in [0.3, 0.4) is 0 Å². The third kappa shape index (κ3) is 3.73. The number of rotatable bonds is 5. The number of hydrogen-bond donors (Lipinski definition) is 6. The standard InChI is InChI=1S/C20H30O9P2/c1-19-9-8-15-14-5-3-13(29-11-20(22,30(23,24)25)31(26,27)28)10-12(14)2-4-16(15)17(19)6-7-18(19)21/h3,5,10,15-18,21-22H,2,4,6-9,11H2,1H3,(H2,23,24,25)(H2,26,27,28)/t15-,16-,17+,18+,19+/m1/s1. The predicted octanol–water partition coefficient (Wildman–Crippen LogP) is 2.28. The summed E-state index contributed by atoms with van der Waals surface area (Å²) < 4.78 is 28.3. The van der Waals surface area contributed by atoms with E-state index in [2.05, 4.69) is 6.92 Å². The van der Waals surface area contributed by atoms with E-state index in [1.807, 2.05) is 6.07 Å². The number of aryl methyl sites for hydroxylation is 1. The molecule has 4 rings (SSSR count). The molecule has 0 bridgehead atoms. The maximum Gasteiger partial charge on any atom is 0.373 e. The van der Waals surface area contributed by atoms with E-state index in [4.69, 9.17) is 4.74 Å². The predicted molar refractivity (Wildman–Crippen MR) is 112 cm³/mol. The van der Waals surface area contributed by atoms with E-state index in [0.717, 1.165) is 44.1 Å². The second kappa shape index (κ2) is 7.64. The number of aliphatic hydroxyl groups excluding tert-OH is 1. The first-order valence-electron chi connectivity index (χ1n) is 10.6. The van der Waals surface area contributed by atoms with Gasteiger partial charge in [-0.3, -0.25) is 9.13 Å². The van der Waals surface area contributed by atoms with E-state index >= 15 is 0 Å². The SMILES string of the molecule is C[C@]12CC[C@@H]3c4ccc(OCC(O)(P(=O)(O)O)P(=O)(O)O)cc4CC[C@H]3[C@@H]1CC[C@@H]2O. The molecule has 1 aromatic carbocycles. The van der Waals surface area contributed by atoms with E-state index in [9.17, 15) is 38.9 Å². The Bertz CT molecular complexity index is 932. The molecule has 3 aliphatic rings. The summed E-state index contributed by atoms with van der Waals surface area (Å²) in [5.74, 6) is 1.56. The largest absolute Gasteiger partial charge is 0.489 e. The minimum absolute atomic E-state index is 0.0166. The van der Waals surface area contributed by atoms with Gasteiger partial charge in [0.1, 0.15) is 12.4 Å². The maximum absolute atomic E-state index is 11.5. The van der Waals surface area contributed by atoms with Crippen LogP contribution in [0.25, 0.3) is 0 Å². The number of aliphatic hydroxyl groups is 2. The van der Waals surface area contributed by atoms with Crippen molar-refractivity contribution in [2.24, 2.45) is 17.3 Å². The highest BCUT2D eigenvalue weighted by molar-refractivity contribution is 7.72. The summed E-state index contributed by atoms with van der Waals surface area (Å²) in [5, 5.41) is 16.9. The molecular weight excluding hydrogens is 446 g/mol. The van der Waals surface area contributed by atoms with E-state index < -0.39 is 26.9 Å². The molecule has 0 aromatic heterocycles. The Labute approximate surface area is 180 Å². The van der Waals surface area contributed by atoms with Crippen molar-refractivity contribution in [1.29, 1.82) is 0 Å². The molecule has 0 radical (unpaired) electrons. The van der Waals surface area contributed by atoms with Crippen molar-refractivity contribution in [3.63, 3.8) is 0 Å². The fourth-order valence-corrected chi connectivity index (χ4v) is 7.96. The lowest BCUT2D eigenvalue weighted by Gasteiger charge is -2.50. The molecule has 0 amide bonds. The van der Waals surface area contributed by atoms with Crippen LogP contribution >= 0.6 is 15.2 Å². The van der Waals surface area contributed by atoms with Gasteiger partial charge in [-0.1, -0.05) is 13.0 Å². The Morgan fingerprint density at radius 2 is 1.77 bits per heavy atom. The van der Waals surface area contributed by atoms with Crippen LogP contribution in [-0.2, 0) is 15.6 Å². The number of hydrogen-bond acceptors (Lipinski definition) is 5. The second-order valence-electron chi connectivity index (χ2n) is 9.56. The minimum Gasteiger partial charge on any atom is -0.489 e. The molecule has 2 saturated carbocycles. The van der Waals surface area contributed by atoms with Crippen LogP contribution in [0.1, 0.15) is 56.1 Å². The zero-order valence-corrected chi connectivity index (χ0v) is 19.1. The normalized spacial score (nSPS) is 33.4.